The van der Waals surface area contributed by atoms with Gasteiger partial charge in [-0.15, -0.1) is 0 Å². The normalized spacial score (nSPS) is 10.7. The Bertz CT molecular complexity index is 596. The van der Waals surface area contributed by atoms with E-state index in [4.69, 9.17) is 5.11 Å². The summed E-state index contributed by atoms with van der Waals surface area (Å²) >= 11 is 0. The van der Waals surface area contributed by atoms with Gasteiger partial charge in [-0.05, 0) is 25.1 Å². The van der Waals surface area contributed by atoms with Gasteiger partial charge in [-0.1, -0.05) is 0 Å². The number of halogens is 2. The van der Waals surface area contributed by atoms with Crippen molar-refractivity contribution in [2.24, 2.45) is 0 Å². The molecule has 0 aliphatic carbocycles. The number of hydrogen-bond acceptors (Lipinski definition) is 2. The lowest BCUT2D eigenvalue weighted by Gasteiger charge is -2.04. The number of pyridine rings is 1. The maximum absolute atomic E-state index is 13.3. The summed E-state index contributed by atoms with van der Waals surface area (Å²) in [6.45, 7) is 1.44. The number of nitrogens with zero attached hydrogens (tertiary/aromatic N) is 1. The Labute approximate surface area is 89.3 Å². The number of aryl methyl sites for hydroxylation is 1. The van der Waals surface area contributed by atoms with Gasteiger partial charge in [0.1, 0.15) is 5.52 Å². The lowest BCUT2D eigenvalue weighted by Crippen LogP contribution is -2.03. The standard InChI is InChI=1S/C11H7F2NO2/c1-5-7(11(15)16)4-6-2-3-8(12)9(13)10(6)14-5/h2-4H,1H3,(H,15,16). The highest BCUT2D eigenvalue weighted by Crippen LogP contribution is 2.21. The van der Waals surface area contributed by atoms with Gasteiger partial charge < -0.3 is 5.11 Å². The molecule has 0 unspecified atom stereocenters. The monoisotopic (exact) mass is 223 g/mol. The Balaban J connectivity index is 2.84. The molecule has 0 radical (unpaired) electrons. The zero-order chi connectivity index (χ0) is 11.9. The highest BCUT2D eigenvalue weighted by molar-refractivity contribution is 5.94. The third kappa shape index (κ3) is 1.50. The van der Waals surface area contributed by atoms with Gasteiger partial charge in [0, 0.05) is 5.39 Å². The number of aromatic nitrogens is 1. The highest BCUT2D eigenvalue weighted by Gasteiger charge is 2.14. The molecule has 1 aromatic heterocycles. The van der Waals surface area contributed by atoms with Crippen molar-refractivity contribution in [3.05, 3.63) is 41.1 Å². The van der Waals surface area contributed by atoms with E-state index in [1.807, 2.05) is 0 Å². The summed E-state index contributed by atoms with van der Waals surface area (Å²) in [5.41, 5.74) is -0.00879. The van der Waals surface area contributed by atoms with Crippen LogP contribution in [-0.2, 0) is 0 Å². The summed E-state index contributed by atoms with van der Waals surface area (Å²) in [6, 6.07) is 3.52. The molecule has 5 heteroatoms. The molecule has 0 amide bonds. The second kappa shape index (κ2) is 3.52. The summed E-state index contributed by atoms with van der Waals surface area (Å²) in [4.78, 5) is 14.6. The van der Waals surface area contributed by atoms with Crippen LogP contribution in [-0.4, -0.2) is 16.1 Å². The molecule has 0 bridgehead atoms. The molecule has 2 rings (SSSR count). The second-order valence-corrected chi connectivity index (χ2v) is 3.36. The van der Waals surface area contributed by atoms with E-state index in [2.05, 4.69) is 4.98 Å². The summed E-state index contributed by atoms with van der Waals surface area (Å²) < 4.78 is 26.2. The van der Waals surface area contributed by atoms with Crippen LogP contribution in [0.1, 0.15) is 16.1 Å². The Morgan fingerprint density at radius 1 is 1.38 bits per heavy atom. The molecule has 0 aliphatic rings. The van der Waals surface area contributed by atoms with Crippen LogP contribution in [0.4, 0.5) is 8.78 Å². The van der Waals surface area contributed by atoms with E-state index in [0.717, 1.165) is 6.07 Å². The van der Waals surface area contributed by atoms with Crippen LogP contribution in [0, 0.1) is 18.6 Å². The zero-order valence-electron chi connectivity index (χ0n) is 8.29. The first-order valence-electron chi connectivity index (χ1n) is 4.49. The molecule has 0 spiro atoms. The minimum atomic E-state index is -1.14. The van der Waals surface area contributed by atoms with E-state index in [9.17, 15) is 13.6 Å². The van der Waals surface area contributed by atoms with Crippen molar-refractivity contribution in [1.82, 2.24) is 4.98 Å². The van der Waals surface area contributed by atoms with Crippen molar-refractivity contribution in [1.29, 1.82) is 0 Å². The lowest BCUT2D eigenvalue weighted by atomic mass is 10.1. The number of hydrogen-bond donors (Lipinski definition) is 1. The summed E-state index contributed by atoms with van der Waals surface area (Å²) in [5, 5.41) is 9.11. The molecule has 0 saturated carbocycles. The molecule has 16 heavy (non-hydrogen) atoms. The van der Waals surface area contributed by atoms with E-state index in [-0.39, 0.29) is 22.2 Å². The van der Waals surface area contributed by atoms with Gasteiger partial charge in [-0.3, -0.25) is 0 Å². The summed E-state index contributed by atoms with van der Waals surface area (Å²) in [7, 11) is 0. The third-order valence-corrected chi connectivity index (χ3v) is 2.30. The molecule has 2 aromatic rings. The molecule has 0 aliphatic heterocycles. The second-order valence-electron chi connectivity index (χ2n) is 3.36. The molecule has 0 fully saturated rings. The van der Waals surface area contributed by atoms with Crippen molar-refractivity contribution in [2.75, 3.05) is 0 Å². The number of rotatable bonds is 1. The van der Waals surface area contributed by atoms with Gasteiger partial charge in [0.25, 0.3) is 0 Å². The molecule has 1 aromatic carbocycles. The fourth-order valence-electron chi connectivity index (χ4n) is 1.49. The molecule has 82 valence electrons. The van der Waals surface area contributed by atoms with Crippen LogP contribution in [0.25, 0.3) is 10.9 Å². The molecular weight excluding hydrogens is 216 g/mol. The quantitative estimate of drug-likeness (QED) is 0.808. The van der Waals surface area contributed by atoms with Gasteiger partial charge in [0.15, 0.2) is 11.6 Å². The number of carboxylic acids is 1. The van der Waals surface area contributed by atoms with Gasteiger partial charge >= 0.3 is 5.97 Å². The minimum absolute atomic E-state index is 0.0153. The van der Waals surface area contributed by atoms with Crippen LogP contribution >= 0.6 is 0 Å². The van der Waals surface area contributed by atoms with E-state index in [1.165, 1.54) is 19.1 Å². The zero-order valence-corrected chi connectivity index (χ0v) is 8.29. The number of benzene rings is 1. The molecule has 0 saturated heterocycles. The third-order valence-electron chi connectivity index (χ3n) is 2.30. The average molecular weight is 223 g/mol. The van der Waals surface area contributed by atoms with Crippen molar-refractivity contribution < 1.29 is 18.7 Å². The van der Waals surface area contributed by atoms with Crippen LogP contribution in [0.2, 0.25) is 0 Å². The number of carboxylic acid groups (broad SMARTS) is 1. The van der Waals surface area contributed by atoms with E-state index >= 15 is 0 Å². The predicted molar refractivity (Wildman–Crippen MR) is 53.4 cm³/mol. The van der Waals surface area contributed by atoms with Crippen molar-refractivity contribution >= 4 is 16.9 Å². The fourth-order valence-corrected chi connectivity index (χ4v) is 1.49. The van der Waals surface area contributed by atoms with Gasteiger partial charge in [0.2, 0.25) is 0 Å². The van der Waals surface area contributed by atoms with Gasteiger partial charge in [-0.25, -0.2) is 18.6 Å². The topological polar surface area (TPSA) is 50.2 Å². The van der Waals surface area contributed by atoms with Crippen molar-refractivity contribution in [3.8, 4) is 0 Å². The van der Waals surface area contributed by atoms with Crippen molar-refractivity contribution in [3.63, 3.8) is 0 Å². The Morgan fingerprint density at radius 2 is 2.06 bits per heavy atom. The Hall–Kier alpha value is -2.04. The Kier molecular flexibility index (Phi) is 2.30. The molecule has 1 heterocycles. The van der Waals surface area contributed by atoms with Crippen molar-refractivity contribution in [2.45, 2.75) is 6.92 Å². The van der Waals surface area contributed by atoms with Crippen LogP contribution in [0.15, 0.2) is 18.2 Å². The number of carbonyl (C=O) groups is 1. The first-order valence-corrected chi connectivity index (χ1v) is 4.49. The lowest BCUT2D eigenvalue weighted by molar-refractivity contribution is 0.0696. The van der Waals surface area contributed by atoms with Crippen LogP contribution in [0.5, 0.6) is 0 Å². The summed E-state index contributed by atoms with van der Waals surface area (Å²) in [6.07, 6.45) is 0. The maximum Gasteiger partial charge on any atom is 0.337 e. The molecular formula is C11H7F2NO2. The first-order chi connectivity index (χ1) is 7.50. The van der Waals surface area contributed by atoms with Crippen LogP contribution in [0.3, 0.4) is 0 Å². The van der Waals surface area contributed by atoms with Gasteiger partial charge in [-0.2, -0.15) is 0 Å². The summed E-state index contributed by atoms with van der Waals surface area (Å²) in [5.74, 6) is -3.20. The highest BCUT2D eigenvalue weighted by atomic mass is 19.2. The van der Waals surface area contributed by atoms with E-state index in [1.54, 1.807) is 0 Å². The number of aromatic carboxylic acids is 1. The first kappa shape index (κ1) is 10.5. The minimum Gasteiger partial charge on any atom is -0.478 e. The molecule has 0 atom stereocenters. The Morgan fingerprint density at radius 3 is 2.69 bits per heavy atom. The fraction of sp³-hybridized carbons (Fsp3) is 0.0909. The smallest absolute Gasteiger partial charge is 0.337 e. The SMILES string of the molecule is Cc1nc2c(F)c(F)ccc2cc1C(=O)O. The van der Waals surface area contributed by atoms with Gasteiger partial charge in [0.05, 0.1) is 11.3 Å². The molecule has 3 nitrogen and oxygen atoms in total. The predicted octanol–water partition coefficient (Wildman–Crippen LogP) is 2.52. The van der Waals surface area contributed by atoms with Crippen LogP contribution < -0.4 is 0 Å². The molecule has 1 N–H and O–H groups in total. The largest absolute Gasteiger partial charge is 0.478 e. The average Bonchev–Trinajstić information content (AvgIpc) is 2.23. The number of fused-ring (bicyclic) bond motifs is 1. The van der Waals surface area contributed by atoms with E-state index in [0.29, 0.717) is 0 Å². The maximum atomic E-state index is 13.3. The van der Waals surface area contributed by atoms with E-state index < -0.39 is 17.6 Å².